The number of hydrogen-bond donors (Lipinski definition) is 3. The molecule has 1 aliphatic heterocycles. The van der Waals surface area contributed by atoms with Gasteiger partial charge in [0.25, 0.3) is 0 Å². The fraction of sp³-hybridized carbons (Fsp3) is 0.556. The second-order valence-electron chi connectivity index (χ2n) is 5.82. The molecule has 1 heterocycles. The number of ether oxygens (including phenoxy) is 1. The van der Waals surface area contributed by atoms with E-state index in [4.69, 9.17) is 4.74 Å². The zero-order chi connectivity index (χ0) is 17.2. The van der Waals surface area contributed by atoms with Gasteiger partial charge >= 0.3 is 0 Å². The number of nitrogens with one attached hydrogen (secondary N) is 3. The van der Waals surface area contributed by atoms with Gasteiger partial charge in [-0.2, -0.15) is 0 Å². The van der Waals surface area contributed by atoms with E-state index in [1.54, 1.807) is 7.05 Å². The number of amides is 1. The monoisotopic (exact) mass is 332 g/mol. The van der Waals surface area contributed by atoms with Crippen LogP contribution in [0.15, 0.2) is 29.3 Å². The highest BCUT2D eigenvalue weighted by atomic mass is 16.5. The average molecular weight is 332 g/mol. The van der Waals surface area contributed by atoms with Crippen molar-refractivity contribution in [1.29, 1.82) is 0 Å². The Bertz CT molecular complexity index is 560. The summed E-state index contributed by atoms with van der Waals surface area (Å²) in [6, 6.07) is 7.97. The predicted octanol–water partition coefficient (Wildman–Crippen LogP) is 2.09. The van der Waals surface area contributed by atoms with E-state index in [9.17, 15) is 4.79 Å². The number of guanidine groups is 1. The Kier molecular flexibility index (Phi) is 7.55. The van der Waals surface area contributed by atoms with Crippen LogP contribution in [0, 0.1) is 0 Å². The summed E-state index contributed by atoms with van der Waals surface area (Å²) in [5.74, 6) is 1.00. The minimum atomic E-state index is 0.0689. The zero-order valence-electron chi connectivity index (χ0n) is 14.6. The van der Waals surface area contributed by atoms with Crippen LogP contribution in [0.25, 0.3) is 0 Å². The molecular weight excluding hydrogens is 304 g/mol. The number of anilines is 1. The molecule has 0 aliphatic carbocycles. The van der Waals surface area contributed by atoms with Gasteiger partial charge in [-0.3, -0.25) is 9.79 Å². The van der Waals surface area contributed by atoms with E-state index in [1.807, 2.05) is 25.1 Å². The van der Waals surface area contributed by atoms with Crippen molar-refractivity contribution in [3.63, 3.8) is 0 Å². The highest BCUT2D eigenvalue weighted by Crippen LogP contribution is 2.31. The van der Waals surface area contributed by atoms with Crippen molar-refractivity contribution < 1.29 is 9.53 Å². The van der Waals surface area contributed by atoms with E-state index in [2.05, 4.69) is 27.0 Å². The normalized spacial score (nSPS) is 17.2. The molecule has 0 bridgehead atoms. The molecule has 0 spiro atoms. The largest absolute Gasteiger partial charge is 0.382 e. The lowest BCUT2D eigenvalue weighted by Gasteiger charge is -2.26. The minimum absolute atomic E-state index is 0.0689. The lowest BCUT2D eigenvalue weighted by atomic mass is 9.90. The van der Waals surface area contributed by atoms with Crippen LogP contribution < -0.4 is 16.0 Å². The lowest BCUT2D eigenvalue weighted by molar-refractivity contribution is -0.116. The number of unbranched alkanes of at least 4 members (excludes halogenated alkanes) is 1. The quantitative estimate of drug-likeness (QED) is 0.387. The van der Waals surface area contributed by atoms with Crippen molar-refractivity contribution >= 4 is 17.6 Å². The van der Waals surface area contributed by atoms with Crippen molar-refractivity contribution in [1.82, 2.24) is 10.6 Å². The summed E-state index contributed by atoms with van der Waals surface area (Å²) >= 11 is 0. The van der Waals surface area contributed by atoms with Crippen molar-refractivity contribution in [2.75, 3.05) is 38.7 Å². The zero-order valence-corrected chi connectivity index (χ0v) is 14.6. The highest BCUT2D eigenvalue weighted by molar-refractivity contribution is 5.94. The molecule has 1 aromatic carbocycles. The van der Waals surface area contributed by atoms with Gasteiger partial charge in [0.1, 0.15) is 0 Å². The molecule has 1 amide bonds. The van der Waals surface area contributed by atoms with Gasteiger partial charge in [0.2, 0.25) is 5.91 Å². The Morgan fingerprint density at radius 2 is 2.17 bits per heavy atom. The van der Waals surface area contributed by atoms with E-state index in [1.165, 1.54) is 5.56 Å². The first-order chi connectivity index (χ1) is 11.7. The van der Waals surface area contributed by atoms with Crippen LogP contribution in [0.1, 0.15) is 37.7 Å². The van der Waals surface area contributed by atoms with Gasteiger partial charge in [-0.05, 0) is 31.4 Å². The molecule has 24 heavy (non-hydrogen) atoms. The number of carbonyl (C=O) groups is 1. The second-order valence-corrected chi connectivity index (χ2v) is 5.82. The molecule has 3 N–H and O–H groups in total. The fourth-order valence-corrected chi connectivity index (χ4v) is 2.80. The van der Waals surface area contributed by atoms with Crippen molar-refractivity contribution in [3.05, 3.63) is 29.8 Å². The van der Waals surface area contributed by atoms with Gasteiger partial charge < -0.3 is 20.7 Å². The first-order valence-electron chi connectivity index (χ1n) is 8.65. The molecule has 0 aromatic heterocycles. The number of nitrogens with zero attached hydrogens (tertiary/aromatic N) is 1. The van der Waals surface area contributed by atoms with Gasteiger partial charge in [-0.25, -0.2) is 0 Å². The van der Waals surface area contributed by atoms with Crippen molar-refractivity contribution in [2.24, 2.45) is 4.99 Å². The van der Waals surface area contributed by atoms with Gasteiger partial charge in [-0.1, -0.05) is 18.2 Å². The maximum Gasteiger partial charge on any atom is 0.225 e. The molecule has 1 aliphatic rings. The summed E-state index contributed by atoms with van der Waals surface area (Å²) in [6.45, 7) is 5.12. The van der Waals surface area contributed by atoms with E-state index >= 15 is 0 Å². The lowest BCUT2D eigenvalue weighted by Crippen LogP contribution is -2.41. The Hall–Kier alpha value is -2.08. The van der Waals surface area contributed by atoms with E-state index in [0.29, 0.717) is 13.0 Å². The average Bonchev–Trinajstić information content (AvgIpc) is 2.60. The Balaban J connectivity index is 1.78. The molecule has 6 heteroatoms. The molecule has 132 valence electrons. The Labute approximate surface area is 144 Å². The van der Waals surface area contributed by atoms with Crippen molar-refractivity contribution in [3.8, 4) is 0 Å². The first-order valence-corrected chi connectivity index (χ1v) is 8.65. The topological polar surface area (TPSA) is 74.8 Å². The molecule has 1 aromatic rings. The number of aliphatic imine (C=N–C) groups is 1. The van der Waals surface area contributed by atoms with E-state index in [0.717, 1.165) is 44.2 Å². The second kappa shape index (κ2) is 9.93. The summed E-state index contributed by atoms with van der Waals surface area (Å²) < 4.78 is 5.33. The number of hydrogen-bond acceptors (Lipinski definition) is 3. The number of carbonyl (C=O) groups excluding carboxylic acids is 1. The molecule has 6 nitrogen and oxygen atoms in total. The Morgan fingerprint density at radius 1 is 1.33 bits per heavy atom. The fourth-order valence-electron chi connectivity index (χ4n) is 2.80. The maximum atomic E-state index is 11.9. The molecular formula is C18H28N4O2. The summed E-state index contributed by atoms with van der Waals surface area (Å²) in [6.07, 6.45) is 2.57. The summed E-state index contributed by atoms with van der Waals surface area (Å²) in [5, 5.41) is 9.56. The summed E-state index contributed by atoms with van der Waals surface area (Å²) in [7, 11) is 1.76. The number of rotatable bonds is 8. The van der Waals surface area contributed by atoms with E-state index in [-0.39, 0.29) is 11.8 Å². The van der Waals surface area contributed by atoms with E-state index < -0.39 is 0 Å². The summed E-state index contributed by atoms with van der Waals surface area (Å²) in [4.78, 5) is 16.1. The molecule has 0 radical (unpaired) electrons. The first kappa shape index (κ1) is 18.3. The van der Waals surface area contributed by atoms with Crippen LogP contribution in [-0.4, -0.2) is 45.2 Å². The third-order valence-electron chi connectivity index (χ3n) is 4.06. The number of fused-ring (bicyclic) bond motifs is 1. The van der Waals surface area contributed by atoms with Crippen LogP contribution in [0.3, 0.4) is 0 Å². The molecule has 1 atom stereocenters. The van der Waals surface area contributed by atoms with Crippen LogP contribution in [0.4, 0.5) is 5.69 Å². The maximum absolute atomic E-state index is 11.9. The van der Waals surface area contributed by atoms with Gasteiger partial charge in [-0.15, -0.1) is 0 Å². The third kappa shape index (κ3) is 5.53. The van der Waals surface area contributed by atoms with Gasteiger partial charge in [0.05, 0.1) is 0 Å². The number of benzene rings is 1. The molecule has 0 saturated carbocycles. The predicted molar refractivity (Wildman–Crippen MR) is 97.5 cm³/mol. The highest BCUT2D eigenvalue weighted by Gasteiger charge is 2.24. The third-order valence-corrected chi connectivity index (χ3v) is 4.06. The standard InChI is InChI=1S/C18H28N4O2/c1-3-24-11-7-6-10-20-18(19-2)21-13-14-12-17(23)22-16-9-5-4-8-15(14)16/h4-5,8-9,14H,3,6-7,10-13H2,1-2H3,(H,22,23)(H2,19,20,21). The minimum Gasteiger partial charge on any atom is -0.382 e. The van der Waals surface area contributed by atoms with Gasteiger partial charge in [0, 0.05) is 51.4 Å². The SMILES string of the molecule is CCOCCCCNC(=NC)NCC1CC(=O)Nc2ccccc21. The number of para-hydroxylation sites is 1. The molecule has 0 fully saturated rings. The van der Waals surface area contributed by atoms with Crippen LogP contribution >= 0.6 is 0 Å². The van der Waals surface area contributed by atoms with Crippen LogP contribution in [0.5, 0.6) is 0 Å². The van der Waals surface area contributed by atoms with Crippen molar-refractivity contribution in [2.45, 2.75) is 32.1 Å². The molecule has 1 unspecified atom stereocenters. The smallest absolute Gasteiger partial charge is 0.225 e. The summed E-state index contributed by atoms with van der Waals surface area (Å²) in [5.41, 5.74) is 2.09. The Morgan fingerprint density at radius 3 is 2.96 bits per heavy atom. The molecule has 0 saturated heterocycles. The van der Waals surface area contributed by atoms with Crippen LogP contribution in [-0.2, 0) is 9.53 Å². The van der Waals surface area contributed by atoms with Crippen LogP contribution in [0.2, 0.25) is 0 Å². The molecule has 2 rings (SSSR count). The van der Waals surface area contributed by atoms with Gasteiger partial charge in [0.15, 0.2) is 5.96 Å².